The molecule has 0 radical (unpaired) electrons. The van der Waals surface area contributed by atoms with Gasteiger partial charge in [-0.15, -0.1) is 0 Å². The smallest absolute Gasteiger partial charge is 0.115 e. The molecule has 1 nitrogen and oxygen atoms in total. The van der Waals surface area contributed by atoms with Crippen LogP contribution in [0.2, 0.25) is 0 Å². The Labute approximate surface area is 43.2 Å². The third-order valence-electron chi connectivity index (χ3n) is 0. The van der Waals surface area contributed by atoms with Crippen molar-refractivity contribution in [2.24, 2.45) is 0 Å². The maximum absolute atomic E-state index is 3.88. The molecule has 28 valence electrons. The molecule has 0 atom stereocenters. The van der Waals surface area contributed by atoms with Gasteiger partial charge in [0, 0.05) is 0 Å². The van der Waals surface area contributed by atoms with Gasteiger partial charge in [-0.1, -0.05) is 7.43 Å². The summed E-state index contributed by atoms with van der Waals surface area (Å²) in [4.78, 5) is 0. The van der Waals surface area contributed by atoms with Gasteiger partial charge >= 0.3 is 0 Å². The van der Waals surface area contributed by atoms with E-state index >= 15 is 0 Å². The lowest BCUT2D eigenvalue weighted by atomic mass is 12.0. The van der Waals surface area contributed by atoms with E-state index in [0.717, 1.165) is 0 Å². The Morgan fingerprint density at radius 3 is 1.25 bits per heavy atom. The molecular weight excluding hydrogens is 188 g/mol. The van der Waals surface area contributed by atoms with Gasteiger partial charge < -0.3 is 0 Å². The second kappa shape index (κ2) is 9.07. The van der Waals surface area contributed by atoms with Gasteiger partial charge in [0.05, 0.1) is 0 Å². The Hall–Kier alpha value is 0.920. The molecule has 0 spiro atoms. The van der Waals surface area contributed by atoms with Gasteiger partial charge in [-0.05, 0) is 0 Å². The number of hydrogen-bond donors (Lipinski definition) is 0. The highest BCUT2D eigenvalue weighted by Gasteiger charge is 1.37. The zero-order valence-corrected chi connectivity index (χ0v) is 4.34. The fourth-order valence-corrected chi connectivity index (χ4v) is 0. The van der Waals surface area contributed by atoms with Crippen molar-refractivity contribution in [3.8, 4) is 0 Å². The van der Waals surface area contributed by atoms with Crippen molar-refractivity contribution < 1.29 is 2.92 Å². The lowest BCUT2D eigenvalue weighted by molar-refractivity contribution is 0.838. The summed E-state index contributed by atoms with van der Waals surface area (Å²) in [6, 6.07) is 0. The van der Waals surface area contributed by atoms with Gasteiger partial charge in [-0.25, -0.2) is 2.92 Å². The molecule has 0 aliphatic carbocycles. The Morgan fingerprint density at radius 1 is 1.25 bits per heavy atom. The molecule has 0 aliphatic rings. The third-order valence-corrected chi connectivity index (χ3v) is 0. The van der Waals surface area contributed by atoms with Crippen LogP contribution in [0.25, 0.3) is 0 Å². The Balaban J connectivity index is 0. The standard InChI is InChI=1S/CH4.Br2O/c;1-3-2/h1H4;. The molecule has 3 heteroatoms. The van der Waals surface area contributed by atoms with E-state index in [1.165, 1.54) is 0 Å². The van der Waals surface area contributed by atoms with E-state index in [4.69, 9.17) is 0 Å². The lowest BCUT2D eigenvalue weighted by Gasteiger charge is -1.48. The number of hydrogen-bond acceptors (Lipinski definition) is 1. The first-order chi connectivity index (χ1) is 1.41. The summed E-state index contributed by atoms with van der Waals surface area (Å²) in [6.45, 7) is 0. The van der Waals surface area contributed by atoms with Crippen molar-refractivity contribution in [1.82, 2.24) is 0 Å². The highest BCUT2D eigenvalue weighted by molar-refractivity contribution is 9.18. The predicted octanol–water partition coefficient (Wildman–Crippen LogP) is 2.26. The molecule has 0 bridgehead atoms. The molecule has 0 unspecified atom stereocenters. The summed E-state index contributed by atoms with van der Waals surface area (Å²) in [7, 11) is 0. The third kappa shape index (κ3) is 12.7. The van der Waals surface area contributed by atoms with Crippen LogP contribution < -0.4 is 0 Å². The highest BCUT2D eigenvalue weighted by Crippen LogP contribution is 1.88. The fourth-order valence-electron chi connectivity index (χ4n) is 0. The Bertz CT molecular complexity index is 6.00. The monoisotopic (exact) mass is 190 g/mol. The molecule has 4 heavy (non-hydrogen) atoms. The minimum absolute atomic E-state index is 0. The van der Waals surface area contributed by atoms with Gasteiger partial charge in [-0.3, -0.25) is 0 Å². The SMILES string of the molecule is BrOBr.C. The van der Waals surface area contributed by atoms with E-state index in [1.807, 2.05) is 0 Å². The van der Waals surface area contributed by atoms with Gasteiger partial charge in [0.25, 0.3) is 0 Å². The van der Waals surface area contributed by atoms with Crippen LogP contribution in [0.1, 0.15) is 7.43 Å². The summed E-state index contributed by atoms with van der Waals surface area (Å²) < 4.78 is 3.88. The van der Waals surface area contributed by atoms with Crippen LogP contribution in [0.5, 0.6) is 0 Å². The molecule has 0 amide bonds. The van der Waals surface area contributed by atoms with Crippen molar-refractivity contribution in [3.05, 3.63) is 0 Å². The van der Waals surface area contributed by atoms with Crippen LogP contribution in [0.3, 0.4) is 0 Å². The van der Waals surface area contributed by atoms with Crippen molar-refractivity contribution in [3.63, 3.8) is 0 Å². The number of rotatable bonds is 0. The van der Waals surface area contributed by atoms with Crippen molar-refractivity contribution >= 4 is 32.5 Å². The maximum atomic E-state index is 3.88. The summed E-state index contributed by atoms with van der Waals surface area (Å²) in [5.74, 6) is 0. The number of halogens is 2. The van der Waals surface area contributed by atoms with Crippen LogP contribution in [0.4, 0.5) is 0 Å². The van der Waals surface area contributed by atoms with Crippen LogP contribution in [0.15, 0.2) is 0 Å². The Morgan fingerprint density at radius 2 is 1.25 bits per heavy atom. The van der Waals surface area contributed by atoms with E-state index < -0.39 is 0 Å². The molecule has 0 rings (SSSR count). The molecule has 0 aromatic carbocycles. The van der Waals surface area contributed by atoms with E-state index in [9.17, 15) is 0 Å². The van der Waals surface area contributed by atoms with Gasteiger partial charge in [0.2, 0.25) is 0 Å². The average molecular weight is 192 g/mol. The maximum Gasteiger partial charge on any atom is 0.115 e. The van der Waals surface area contributed by atoms with Crippen LogP contribution in [-0.4, -0.2) is 0 Å². The first-order valence-electron chi connectivity index (χ1n) is 0.309. The van der Waals surface area contributed by atoms with Crippen molar-refractivity contribution in [1.29, 1.82) is 0 Å². The van der Waals surface area contributed by atoms with Crippen LogP contribution >= 0.6 is 32.5 Å². The Kier molecular flexibility index (Phi) is 20.1. The topological polar surface area (TPSA) is 9.23 Å². The van der Waals surface area contributed by atoms with Gasteiger partial charge in [0.15, 0.2) is 0 Å². The fraction of sp³-hybridized carbons (Fsp3) is 1.00. The average Bonchev–Trinajstić information content (AvgIpc) is 0.918. The lowest BCUT2D eigenvalue weighted by Crippen LogP contribution is -1.10. The summed E-state index contributed by atoms with van der Waals surface area (Å²) in [6.07, 6.45) is 0. The van der Waals surface area contributed by atoms with Crippen molar-refractivity contribution in [2.75, 3.05) is 0 Å². The molecule has 0 aromatic heterocycles. The molecular formula is CH4Br2O. The molecule has 0 fully saturated rings. The van der Waals surface area contributed by atoms with E-state index in [2.05, 4.69) is 35.4 Å². The predicted molar refractivity (Wildman–Crippen MR) is 25.7 cm³/mol. The minimum atomic E-state index is 0. The van der Waals surface area contributed by atoms with Gasteiger partial charge in [0.1, 0.15) is 32.5 Å². The van der Waals surface area contributed by atoms with Crippen molar-refractivity contribution in [2.45, 2.75) is 7.43 Å². The summed E-state index contributed by atoms with van der Waals surface area (Å²) >= 11 is 5.12. The zero-order chi connectivity index (χ0) is 2.71. The summed E-state index contributed by atoms with van der Waals surface area (Å²) in [5.41, 5.74) is 0. The molecule has 0 N–H and O–H groups in total. The first kappa shape index (κ1) is 8.87. The van der Waals surface area contributed by atoms with E-state index in [-0.39, 0.29) is 7.43 Å². The van der Waals surface area contributed by atoms with E-state index in [1.54, 1.807) is 0 Å². The van der Waals surface area contributed by atoms with Crippen LogP contribution in [-0.2, 0) is 2.92 Å². The second-order valence-corrected chi connectivity index (χ2v) is 1.57. The molecule has 0 aromatic rings. The molecule has 0 saturated carbocycles. The molecule has 0 saturated heterocycles. The largest absolute Gasteiger partial charge is 0.230 e. The quantitative estimate of drug-likeness (QED) is 0.571. The zero-order valence-electron chi connectivity index (χ0n) is 1.16. The van der Waals surface area contributed by atoms with Gasteiger partial charge in [-0.2, -0.15) is 0 Å². The first-order valence-corrected chi connectivity index (χ1v) is 1.60. The normalized spacial score (nSPS) is 4.50. The van der Waals surface area contributed by atoms with E-state index in [0.29, 0.717) is 0 Å². The van der Waals surface area contributed by atoms with Crippen LogP contribution in [0, 0.1) is 0 Å². The molecule has 0 heterocycles. The minimum Gasteiger partial charge on any atom is -0.230 e. The molecule has 0 aliphatic heterocycles. The highest BCUT2D eigenvalue weighted by atomic mass is 79.9. The summed E-state index contributed by atoms with van der Waals surface area (Å²) in [5, 5.41) is 0. The second-order valence-electron chi connectivity index (χ2n) is 0.0583.